The first-order chi connectivity index (χ1) is 9.49. The number of hydrogen-bond donors (Lipinski definition) is 1. The Labute approximate surface area is 120 Å². The highest BCUT2D eigenvalue weighted by atomic mass is 19.4. The first-order valence-electron chi connectivity index (χ1n) is 6.56. The maximum atomic E-state index is 13.2. The molecule has 2 unspecified atom stereocenters. The second kappa shape index (κ2) is 4.92. The summed E-state index contributed by atoms with van der Waals surface area (Å²) in [6, 6.07) is -1.97. The first kappa shape index (κ1) is 15.7. The zero-order valence-corrected chi connectivity index (χ0v) is 12.3. The van der Waals surface area contributed by atoms with Crippen LogP contribution in [0.15, 0.2) is 6.20 Å². The van der Waals surface area contributed by atoms with Gasteiger partial charge >= 0.3 is 12.1 Å². The standard InChI is InChI=1S/C13H18F3N3O2/c1-12(2,3)21-11(20)7-5-9-8(6-17-19(9)4)18-10(7)13(14,15)16/h6-7,10,18H,5H2,1-4H3. The number of anilines is 1. The highest BCUT2D eigenvalue weighted by Gasteiger charge is 2.51. The number of nitrogens with zero attached hydrogens (tertiary/aromatic N) is 2. The van der Waals surface area contributed by atoms with E-state index in [0.717, 1.165) is 0 Å². The number of nitrogens with one attached hydrogen (secondary N) is 1. The molecule has 1 aliphatic rings. The van der Waals surface area contributed by atoms with Crippen LogP contribution in [0.1, 0.15) is 26.5 Å². The molecule has 21 heavy (non-hydrogen) atoms. The minimum Gasteiger partial charge on any atom is -0.460 e. The molecule has 1 aromatic rings. The summed E-state index contributed by atoms with van der Waals surface area (Å²) < 4.78 is 46.2. The van der Waals surface area contributed by atoms with E-state index >= 15 is 0 Å². The topological polar surface area (TPSA) is 56.2 Å². The van der Waals surface area contributed by atoms with Crippen LogP contribution in [-0.2, 0) is 23.0 Å². The van der Waals surface area contributed by atoms with Gasteiger partial charge in [0.2, 0.25) is 0 Å². The van der Waals surface area contributed by atoms with E-state index in [0.29, 0.717) is 11.4 Å². The quantitative estimate of drug-likeness (QED) is 0.809. The predicted molar refractivity (Wildman–Crippen MR) is 69.7 cm³/mol. The van der Waals surface area contributed by atoms with E-state index in [4.69, 9.17) is 4.74 Å². The largest absolute Gasteiger partial charge is 0.460 e. The second-order valence-corrected chi connectivity index (χ2v) is 6.14. The summed E-state index contributed by atoms with van der Waals surface area (Å²) in [6.45, 7) is 4.87. The Hall–Kier alpha value is -1.73. The smallest absolute Gasteiger partial charge is 0.409 e. The monoisotopic (exact) mass is 305 g/mol. The predicted octanol–water partition coefficient (Wildman–Crippen LogP) is 2.28. The van der Waals surface area contributed by atoms with Crippen LogP contribution >= 0.6 is 0 Å². The van der Waals surface area contributed by atoms with E-state index in [1.165, 1.54) is 10.9 Å². The molecule has 1 N–H and O–H groups in total. The Morgan fingerprint density at radius 3 is 2.57 bits per heavy atom. The van der Waals surface area contributed by atoms with Crippen molar-refractivity contribution >= 4 is 11.7 Å². The van der Waals surface area contributed by atoms with Crippen molar-refractivity contribution in [1.82, 2.24) is 9.78 Å². The van der Waals surface area contributed by atoms with Crippen molar-refractivity contribution in [3.8, 4) is 0 Å². The van der Waals surface area contributed by atoms with Crippen LogP contribution in [0.3, 0.4) is 0 Å². The highest BCUT2D eigenvalue weighted by molar-refractivity contribution is 5.76. The van der Waals surface area contributed by atoms with E-state index in [1.54, 1.807) is 27.8 Å². The zero-order valence-electron chi connectivity index (χ0n) is 12.3. The van der Waals surface area contributed by atoms with Gasteiger partial charge in [-0.2, -0.15) is 18.3 Å². The molecular formula is C13H18F3N3O2. The molecule has 2 atom stereocenters. The van der Waals surface area contributed by atoms with Gasteiger partial charge in [-0.05, 0) is 20.8 Å². The van der Waals surface area contributed by atoms with Crippen LogP contribution in [0.25, 0.3) is 0 Å². The maximum absolute atomic E-state index is 13.2. The third-order valence-corrected chi connectivity index (χ3v) is 3.25. The molecule has 2 heterocycles. The molecule has 0 radical (unpaired) electrons. The average molecular weight is 305 g/mol. The summed E-state index contributed by atoms with van der Waals surface area (Å²) in [4.78, 5) is 12.1. The van der Waals surface area contributed by atoms with Gasteiger partial charge in [0.25, 0.3) is 0 Å². The number of halogens is 3. The minimum absolute atomic E-state index is 0.0576. The van der Waals surface area contributed by atoms with E-state index < -0.39 is 29.7 Å². The van der Waals surface area contributed by atoms with E-state index in [2.05, 4.69) is 10.4 Å². The van der Waals surface area contributed by atoms with Crippen molar-refractivity contribution in [3.63, 3.8) is 0 Å². The van der Waals surface area contributed by atoms with Crippen molar-refractivity contribution < 1.29 is 22.7 Å². The molecule has 5 nitrogen and oxygen atoms in total. The van der Waals surface area contributed by atoms with Gasteiger partial charge in [0.15, 0.2) is 0 Å². The molecule has 0 fully saturated rings. The minimum atomic E-state index is -4.55. The first-order valence-corrected chi connectivity index (χ1v) is 6.56. The Kier molecular flexibility index (Phi) is 3.67. The van der Waals surface area contributed by atoms with Crippen molar-refractivity contribution in [2.45, 2.75) is 45.0 Å². The number of hydrogen-bond acceptors (Lipinski definition) is 4. The zero-order chi connectivity index (χ0) is 16.0. The van der Waals surface area contributed by atoms with Gasteiger partial charge in [0.1, 0.15) is 11.6 Å². The van der Waals surface area contributed by atoms with Gasteiger partial charge in [0, 0.05) is 13.5 Å². The lowest BCUT2D eigenvalue weighted by atomic mass is 9.89. The molecule has 8 heteroatoms. The fourth-order valence-electron chi connectivity index (χ4n) is 2.33. The van der Waals surface area contributed by atoms with E-state index in [1.807, 2.05) is 0 Å². The van der Waals surface area contributed by atoms with Gasteiger partial charge in [-0.15, -0.1) is 0 Å². The van der Waals surface area contributed by atoms with Gasteiger partial charge in [0.05, 0.1) is 23.5 Å². The molecule has 118 valence electrons. The number of alkyl halides is 3. The second-order valence-electron chi connectivity index (χ2n) is 6.14. The Morgan fingerprint density at radius 1 is 1.43 bits per heavy atom. The number of fused-ring (bicyclic) bond motifs is 1. The fraction of sp³-hybridized carbons (Fsp3) is 0.692. The van der Waals surface area contributed by atoms with Gasteiger partial charge in [-0.25, -0.2) is 0 Å². The molecular weight excluding hydrogens is 287 g/mol. The van der Waals surface area contributed by atoms with Crippen molar-refractivity contribution in [3.05, 3.63) is 11.9 Å². The van der Waals surface area contributed by atoms with Crippen molar-refractivity contribution in [2.24, 2.45) is 13.0 Å². The molecule has 0 spiro atoms. The fourth-order valence-corrected chi connectivity index (χ4v) is 2.33. The summed E-state index contributed by atoms with van der Waals surface area (Å²) in [6.07, 6.45) is -3.27. The van der Waals surface area contributed by atoms with Crippen LogP contribution < -0.4 is 5.32 Å². The molecule has 0 saturated carbocycles. The molecule has 0 aromatic carbocycles. The van der Waals surface area contributed by atoms with Crippen LogP contribution in [0.4, 0.5) is 18.9 Å². The Morgan fingerprint density at radius 2 is 2.05 bits per heavy atom. The average Bonchev–Trinajstić information content (AvgIpc) is 2.66. The lowest BCUT2D eigenvalue weighted by Gasteiger charge is -2.34. The number of aryl methyl sites for hydroxylation is 1. The van der Waals surface area contributed by atoms with Gasteiger partial charge < -0.3 is 10.1 Å². The van der Waals surface area contributed by atoms with Crippen molar-refractivity contribution in [2.75, 3.05) is 5.32 Å². The van der Waals surface area contributed by atoms with E-state index in [-0.39, 0.29) is 6.42 Å². The number of carbonyl (C=O) groups is 1. The summed E-state index contributed by atoms with van der Waals surface area (Å²) >= 11 is 0. The third kappa shape index (κ3) is 3.30. The van der Waals surface area contributed by atoms with Crippen LogP contribution in [-0.4, -0.2) is 33.6 Å². The molecule has 1 aromatic heterocycles. The molecule has 0 amide bonds. The lowest BCUT2D eigenvalue weighted by Crippen LogP contribution is -2.50. The summed E-state index contributed by atoms with van der Waals surface area (Å²) in [7, 11) is 1.63. The maximum Gasteiger partial charge on any atom is 0.409 e. The summed E-state index contributed by atoms with van der Waals surface area (Å²) in [5.74, 6) is -2.18. The van der Waals surface area contributed by atoms with Gasteiger partial charge in [-0.1, -0.05) is 0 Å². The summed E-state index contributed by atoms with van der Waals surface area (Å²) in [5.41, 5.74) is 0.0333. The molecule has 2 rings (SSSR count). The van der Waals surface area contributed by atoms with Crippen LogP contribution in [0, 0.1) is 5.92 Å². The third-order valence-electron chi connectivity index (χ3n) is 3.25. The van der Waals surface area contributed by atoms with Crippen molar-refractivity contribution in [1.29, 1.82) is 0 Å². The van der Waals surface area contributed by atoms with Crippen LogP contribution in [0.2, 0.25) is 0 Å². The number of ether oxygens (including phenoxy) is 1. The number of rotatable bonds is 1. The molecule has 0 bridgehead atoms. The molecule has 0 aliphatic carbocycles. The number of esters is 1. The lowest BCUT2D eigenvalue weighted by molar-refractivity contribution is -0.180. The highest BCUT2D eigenvalue weighted by Crippen LogP contribution is 2.37. The van der Waals surface area contributed by atoms with Gasteiger partial charge in [-0.3, -0.25) is 9.48 Å². The molecule has 1 aliphatic heterocycles. The molecule has 0 saturated heterocycles. The Balaban J connectivity index is 2.32. The Bertz CT molecular complexity index is 546. The van der Waals surface area contributed by atoms with Crippen LogP contribution in [0.5, 0.6) is 0 Å². The number of carbonyl (C=O) groups excluding carboxylic acids is 1. The SMILES string of the molecule is Cn1ncc2c1CC(C(=O)OC(C)(C)C)C(C(F)(F)F)N2. The van der Waals surface area contributed by atoms with E-state index in [9.17, 15) is 18.0 Å². The number of aromatic nitrogens is 2. The summed E-state index contributed by atoms with van der Waals surface area (Å²) in [5, 5.41) is 6.28. The normalized spacial score (nSPS) is 22.4.